The summed E-state index contributed by atoms with van der Waals surface area (Å²) in [7, 11) is 1.69. The van der Waals surface area contributed by atoms with Gasteiger partial charge in [0.25, 0.3) is 0 Å². The van der Waals surface area contributed by atoms with E-state index in [1.165, 1.54) is 16.4 Å². The Labute approximate surface area is 92.0 Å². The molecule has 1 heterocycles. The Balaban J connectivity index is 2.84. The number of hydrogen-bond donors (Lipinski definition) is 1. The number of nitrogens with zero attached hydrogens (tertiary/aromatic N) is 4. The van der Waals surface area contributed by atoms with Gasteiger partial charge in [0.05, 0.1) is 0 Å². The number of aromatic nitrogens is 4. The molecule has 0 spiro atoms. The summed E-state index contributed by atoms with van der Waals surface area (Å²) in [5, 5.41) is 20.6. The monoisotopic (exact) mass is 230 g/mol. The molecule has 0 bridgehead atoms. The number of aliphatic carboxylic acids is 1. The number of carboxylic acids is 1. The van der Waals surface area contributed by atoms with Crippen molar-refractivity contribution in [3.63, 3.8) is 0 Å². The molecule has 0 radical (unpaired) electrons. The molecule has 84 valence electrons. The Morgan fingerprint density at radius 1 is 1.67 bits per heavy atom. The lowest BCUT2D eigenvalue weighted by Gasteiger charge is -2.21. The molecule has 0 saturated carbocycles. The van der Waals surface area contributed by atoms with Crippen LogP contribution in [0.4, 0.5) is 0 Å². The maximum absolute atomic E-state index is 11.2. The third-order valence-electron chi connectivity index (χ3n) is 2.08. The topological polar surface area (TPSA) is 80.9 Å². The van der Waals surface area contributed by atoms with E-state index in [1.54, 1.807) is 14.0 Å². The van der Waals surface area contributed by atoms with E-state index in [0.29, 0.717) is 11.6 Å². The minimum Gasteiger partial charge on any atom is -0.480 e. The molecule has 6 nitrogen and oxygen atoms in total. The fourth-order valence-electron chi connectivity index (χ4n) is 1.19. The number of carbonyl (C=O) groups is 1. The second kappa shape index (κ2) is 4.61. The van der Waals surface area contributed by atoms with Gasteiger partial charge in [-0.05, 0) is 23.8 Å². The summed E-state index contributed by atoms with van der Waals surface area (Å²) < 4.78 is 0.610. The molecule has 0 saturated heterocycles. The van der Waals surface area contributed by atoms with Crippen LogP contribution >= 0.6 is 11.8 Å². The van der Waals surface area contributed by atoms with E-state index < -0.39 is 10.7 Å². The number of rotatable bonds is 5. The van der Waals surface area contributed by atoms with Gasteiger partial charge in [-0.1, -0.05) is 25.1 Å². The second-order valence-corrected chi connectivity index (χ2v) is 4.94. The highest BCUT2D eigenvalue weighted by Crippen LogP contribution is 2.34. The van der Waals surface area contributed by atoms with Crippen LogP contribution in [-0.4, -0.2) is 36.0 Å². The molecule has 1 atom stereocenters. The van der Waals surface area contributed by atoms with Gasteiger partial charge in [-0.15, -0.1) is 5.10 Å². The van der Waals surface area contributed by atoms with Gasteiger partial charge >= 0.3 is 5.97 Å². The Kier molecular flexibility index (Phi) is 3.67. The van der Waals surface area contributed by atoms with Crippen LogP contribution in [0.5, 0.6) is 0 Å². The maximum Gasteiger partial charge on any atom is 0.319 e. The van der Waals surface area contributed by atoms with E-state index >= 15 is 0 Å². The highest BCUT2D eigenvalue weighted by molar-refractivity contribution is 8.01. The third kappa shape index (κ3) is 2.68. The predicted octanol–water partition coefficient (Wildman–Crippen LogP) is 0.946. The molecule has 0 aliphatic heterocycles. The molecule has 0 fully saturated rings. The van der Waals surface area contributed by atoms with E-state index in [9.17, 15) is 4.79 Å². The first-order valence-corrected chi connectivity index (χ1v) is 5.46. The molecular formula is C8H14N4O2S. The minimum atomic E-state index is -0.864. The normalized spacial score (nSPS) is 14.9. The van der Waals surface area contributed by atoms with Gasteiger partial charge in [-0.3, -0.25) is 4.79 Å². The lowest BCUT2D eigenvalue weighted by molar-refractivity contribution is -0.139. The molecule has 0 aliphatic carbocycles. The molecule has 0 aromatic carbocycles. The molecule has 0 aliphatic rings. The summed E-state index contributed by atoms with van der Waals surface area (Å²) in [4.78, 5) is 11.2. The van der Waals surface area contributed by atoms with E-state index in [1.807, 2.05) is 6.92 Å². The van der Waals surface area contributed by atoms with Crippen molar-refractivity contribution in [3.8, 4) is 0 Å². The summed E-state index contributed by atoms with van der Waals surface area (Å²) >= 11 is 1.18. The molecule has 1 N–H and O–H groups in total. The van der Waals surface area contributed by atoms with Crippen molar-refractivity contribution >= 4 is 17.7 Å². The molecule has 1 rings (SSSR count). The van der Waals surface area contributed by atoms with Crippen molar-refractivity contribution in [1.29, 1.82) is 0 Å². The molecule has 7 heteroatoms. The lowest BCUT2D eigenvalue weighted by Crippen LogP contribution is -2.31. The van der Waals surface area contributed by atoms with E-state index in [4.69, 9.17) is 5.11 Å². The van der Waals surface area contributed by atoms with Crippen LogP contribution in [0.2, 0.25) is 0 Å². The van der Waals surface area contributed by atoms with Gasteiger partial charge in [0.1, 0.15) is 4.75 Å². The maximum atomic E-state index is 11.2. The first-order chi connectivity index (χ1) is 6.99. The molecule has 15 heavy (non-hydrogen) atoms. The van der Waals surface area contributed by atoms with Crippen LogP contribution in [0, 0.1) is 0 Å². The number of tetrazole rings is 1. The summed E-state index contributed by atoms with van der Waals surface area (Å²) in [6.45, 7) is 3.65. The fourth-order valence-corrected chi connectivity index (χ4v) is 2.23. The number of hydrogen-bond acceptors (Lipinski definition) is 5. The van der Waals surface area contributed by atoms with Gasteiger partial charge in [0, 0.05) is 7.05 Å². The number of thioether (sulfide) groups is 1. The third-order valence-corrected chi connectivity index (χ3v) is 3.43. The average molecular weight is 230 g/mol. The van der Waals surface area contributed by atoms with Crippen LogP contribution in [0.3, 0.4) is 0 Å². The van der Waals surface area contributed by atoms with Crippen molar-refractivity contribution in [1.82, 2.24) is 20.2 Å². The number of carboxylic acid groups (broad SMARTS) is 1. The standard InChI is InChI=1S/C8H14N4O2S/c1-4-5-8(2,6(13)14)15-7-9-10-11-12(7)3/h4-5H2,1-3H3,(H,13,14). The molecular weight excluding hydrogens is 216 g/mol. The van der Waals surface area contributed by atoms with Crippen LogP contribution in [0.15, 0.2) is 5.16 Å². The smallest absolute Gasteiger partial charge is 0.319 e. The zero-order chi connectivity index (χ0) is 11.5. The Morgan fingerprint density at radius 2 is 2.33 bits per heavy atom. The summed E-state index contributed by atoms with van der Waals surface area (Å²) in [6.07, 6.45) is 1.39. The molecule has 1 aromatic heterocycles. The predicted molar refractivity (Wildman–Crippen MR) is 55.6 cm³/mol. The summed E-state index contributed by atoms with van der Waals surface area (Å²) in [5.41, 5.74) is 0. The van der Waals surface area contributed by atoms with Gasteiger partial charge in [0.2, 0.25) is 5.16 Å². The molecule has 1 unspecified atom stereocenters. The highest BCUT2D eigenvalue weighted by Gasteiger charge is 2.35. The number of aryl methyl sites for hydroxylation is 1. The van der Waals surface area contributed by atoms with Crippen molar-refractivity contribution in [3.05, 3.63) is 0 Å². The van der Waals surface area contributed by atoms with Gasteiger partial charge in [0.15, 0.2) is 0 Å². The quantitative estimate of drug-likeness (QED) is 0.758. The SMILES string of the molecule is CCCC(C)(Sc1nnnn1C)C(=O)O. The zero-order valence-corrected chi connectivity index (χ0v) is 9.78. The van der Waals surface area contributed by atoms with Crippen LogP contribution < -0.4 is 0 Å². The van der Waals surface area contributed by atoms with Crippen LogP contribution in [0.25, 0.3) is 0 Å². The lowest BCUT2D eigenvalue weighted by atomic mass is 10.1. The van der Waals surface area contributed by atoms with Crippen molar-refractivity contribution in [2.45, 2.75) is 36.6 Å². The van der Waals surface area contributed by atoms with E-state index in [0.717, 1.165) is 6.42 Å². The second-order valence-electron chi connectivity index (χ2n) is 3.47. The Hall–Kier alpha value is -1.11. The van der Waals surface area contributed by atoms with Crippen LogP contribution in [-0.2, 0) is 11.8 Å². The molecule has 0 amide bonds. The van der Waals surface area contributed by atoms with Gasteiger partial charge in [-0.25, -0.2) is 4.68 Å². The van der Waals surface area contributed by atoms with E-state index in [-0.39, 0.29) is 0 Å². The van der Waals surface area contributed by atoms with Crippen molar-refractivity contribution < 1.29 is 9.90 Å². The fraction of sp³-hybridized carbons (Fsp3) is 0.750. The van der Waals surface area contributed by atoms with Gasteiger partial charge < -0.3 is 5.11 Å². The summed E-state index contributed by atoms with van der Waals surface area (Å²) in [5.74, 6) is -0.836. The largest absolute Gasteiger partial charge is 0.480 e. The first kappa shape index (κ1) is 12.0. The minimum absolute atomic E-state index is 0.522. The van der Waals surface area contributed by atoms with E-state index in [2.05, 4.69) is 15.5 Å². The Bertz CT molecular complexity index is 354. The highest BCUT2D eigenvalue weighted by atomic mass is 32.2. The zero-order valence-electron chi connectivity index (χ0n) is 8.97. The van der Waals surface area contributed by atoms with Crippen LogP contribution in [0.1, 0.15) is 26.7 Å². The Morgan fingerprint density at radius 3 is 2.73 bits per heavy atom. The molecule has 1 aromatic rings. The summed E-state index contributed by atoms with van der Waals surface area (Å²) in [6, 6.07) is 0. The van der Waals surface area contributed by atoms with Gasteiger partial charge in [-0.2, -0.15) is 0 Å². The first-order valence-electron chi connectivity index (χ1n) is 4.64. The van der Waals surface area contributed by atoms with Crippen molar-refractivity contribution in [2.75, 3.05) is 0 Å². The average Bonchev–Trinajstić information content (AvgIpc) is 2.52. The van der Waals surface area contributed by atoms with Crippen molar-refractivity contribution in [2.24, 2.45) is 7.05 Å².